The van der Waals surface area contributed by atoms with Crippen LogP contribution in [0.5, 0.6) is 0 Å². The van der Waals surface area contributed by atoms with E-state index >= 15 is 0 Å². The van der Waals surface area contributed by atoms with Crippen molar-refractivity contribution in [1.82, 2.24) is 9.80 Å². The van der Waals surface area contributed by atoms with Crippen LogP contribution in [0, 0.1) is 17.6 Å². The van der Waals surface area contributed by atoms with Gasteiger partial charge in [0.25, 0.3) is 0 Å². The van der Waals surface area contributed by atoms with Crippen molar-refractivity contribution in [3.05, 3.63) is 65.7 Å². The number of carbonyl (C=O) groups excluding carboxylic acids is 2. The maximum Gasteiger partial charge on any atom is 0.228 e. The molecule has 0 aliphatic carbocycles. The molecule has 7 heteroatoms. The van der Waals surface area contributed by atoms with Crippen LogP contribution in [0.4, 0.5) is 14.5 Å². The number of rotatable bonds is 3. The summed E-state index contributed by atoms with van der Waals surface area (Å²) in [5.74, 6) is -1.30. The highest BCUT2D eigenvalue weighted by atomic mass is 19.1. The molecule has 0 spiro atoms. The Morgan fingerprint density at radius 1 is 0.966 bits per heavy atom. The number of halogens is 2. The van der Waals surface area contributed by atoms with E-state index in [4.69, 9.17) is 0 Å². The number of likely N-dealkylation sites (tertiary alicyclic amines) is 1. The lowest BCUT2D eigenvalue weighted by atomic mass is 9.92. The highest BCUT2D eigenvalue weighted by Gasteiger charge is 2.44. The molecule has 0 N–H and O–H groups in total. The van der Waals surface area contributed by atoms with Crippen molar-refractivity contribution in [2.45, 2.75) is 12.5 Å². The zero-order valence-corrected chi connectivity index (χ0v) is 16.2. The molecule has 0 aromatic heterocycles. The van der Waals surface area contributed by atoms with Crippen LogP contribution in [0.3, 0.4) is 0 Å². The summed E-state index contributed by atoms with van der Waals surface area (Å²) in [7, 11) is 1.68. The van der Waals surface area contributed by atoms with Crippen LogP contribution >= 0.6 is 0 Å². The third-order valence-electron chi connectivity index (χ3n) is 5.90. The number of hydrogen-bond acceptors (Lipinski definition) is 3. The SMILES string of the molecule is CN1C(=O)C[C@H](C(=O)N2CCN(c3ccccc3F)CC2)[C@H]1c1ccc(F)cc1. The van der Waals surface area contributed by atoms with Gasteiger partial charge in [-0.2, -0.15) is 0 Å². The van der Waals surface area contributed by atoms with E-state index < -0.39 is 12.0 Å². The third kappa shape index (κ3) is 3.69. The Bertz CT molecular complexity index is 911. The molecule has 2 saturated heterocycles. The summed E-state index contributed by atoms with van der Waals surface area (Å²) in [4.78, 5) is 30.8. The second kappa shape index (κ2) is 7.81. The Balaban J connectivity index is 1.48. The molecule has 2 aromatic carbocycles. The largest absolute Gasteiger partial charge is 0.366 e. The fourth-order valence-corrected chi connectivity index (χ4v) is 4.32. The zero-order chi connectivity index (χ0) is 20.5. The van der Waals surface area contributed by atoms with Gasteiger partial charge in [0.1, 0.15) is 11.6 Å². The maximum atomic E-state index is 14.0. The van der Waals surface area contributed by atoms with Crippen molar-refractivity contribution in [3.63, 3.8) is 0 Å². The molecule has 2 aliphatic heterocycles. The van der Waals surface area contributed by atoms with Crippen LogP contribution in [-0.4, -0.2) is 54.8 Å². The zero-order valence-electron chi connectivity index (χ0n) is 16.2. The van der Waals surface area contributed by atoms with Gasteiger partial charge in [0.15, 0.2) is 0 Å². The fourth-order valence-electron chi connectivity index (χ4n) is 4.32. The first-order valence-electron chi connectivity index (χ1n) is 9.75. The topological polar surface area (TPSA) is 43.9 Å². The summed E-state index contributed by atoms with van der Waals surface area (Å²) >= 11 is 0. The number of piperazine rings is 1. The molecular weight excluding hydrogens is 376 g/mol. The van der Waals surface area contributed by atoms with Crippen LogP contribution in [0.1, 0.15) is 18.0 Å². The van der Waals surface area contributed by atoms with Crippen LogP contribution < -0.4 is 4.90 Å². The van der Waals surface area contributed by atoms with Gasteiger partial charge in [0.2, 0.25) is 11.8 Å². The Kier molecular flexibility index (Phi) is 5.22. The van der Waals surface area contributed by atoms with Gasteiger partial charge in [-0.3, -0.25) is 9.59 Å². The minimum atomic E-state index is -0.502. The van der Waals surface area contributed by atoms with Crippen molar-refractivity contribution < 1.29 is 18.4 Å². The lowest BCUT2D eigenvalue weighted by molar-refractivity contribution is -0.136. The highest BCUT2D eigenvalue weighted by Crippen LogP contribution is 2.38. The van der Waals surface area contributed by atoms with Gasteiger partial charge in [0.05, 0.1) is 17.6 Å². The number of amides is 2. The lowest BCUT2D eigenvalue weighted by Crippen LogP contribution is -2.51. The summed E-state index contributed by atoms with van der Waals surface area (Å²) in [5, 5.41) is 0. The second-order valence-electron chi connectivity index (χ2n) is 7.58. The molecule has 2 aromatic rings. The summed E-state index contributed by atoms with van der Waals surface area (Å²) in [6.45, 7) is 2.00. The van der Waals surface area contributed by atoms with Crippen LogP contribution in [-0.2, 0) is 9.59 Å². The lowest BCUT2D eigenvalue weighted by Gasteiger charge is -2.38. The first-order valence-corrected chi connectivity index (χ1v) is 9.75. The van der Waals surface area contributed by atoms with E-state index in [1.54, 1.807) is 47.2 Å². The van der Waals surface area contributed by atoms with Crippen molar-refractivity contribution in [3.8, 4) is 0 Å². The minimum absolute atomic E-state index is 0.0785. The number of anilines is 1. The normalized spacial score (nSPS) is 22.3. The van der Waals surface area contributed by atoms with Crippen LogP contribution in [0.25, 0.3) is 0 Å². The van der Waals surface area contributed by atoms with E-state index in [-0.39, 0.29) is 29.9 Å². The Morgan fingerprint density at radius 3 is 2.28 bits per heavy atom. The molecule has 2 aliphatic rings. The molecule has 0 radical (unpaired) electrons. The number of carbonyl (C=O) groups is 2. The molecule has 2 fully saturated rings. The van der Waals surface area contributed by atoms with Crippen molar-refractivity contribution in [2.24, 2.45) is 5.92 Å². The minimum Gasteiger partial charge on any atom is -0.366 e. The predicted octanol–water partition coefficient (Wildman–Crippen LogP) is 2.83. The quantitative estimate of drug-likeness (QED) is 0.797. The van der Waals surface area contributed by atoms with E-state index in [1.807, 2.05) is 4.90 Å². The van der Waals surface area contributed by atoms with Crippen LogP contribution in [0.15, 0.2) is 48.5 Å². The molecule has 5 nitrogen and oxygen atoms in total. The number of benzene rings is 2. The molecule has 2 amide bonds. The van der Waals surface area contributed by atoms with Crippen LogP contribution in [0.2, 0.25) is 0 Å². The molecule has 0 saturated carbocycles. The fraction of sp³-hybridized carbons (Fsp3) is 0.364. The Hall–Kier alpha value is -2.96. The molecular formula is C22H23F2N3O2. The van der Waals surface area contributed by atoms with E-state index in [0.29, 0.717) is 31.9 Å². The average molecular weight is 399 g/mol. The predicted molar refractivity (Wildman–Crippen MR) is 105 cm³/mol. The number of nitrogens with zero attached hydrogens (tertiary/aromatic N) is 3. The Morgan fingerprint density at radius 2 is 1.62 bits per heavy atom. The molecule has 2 heterocycles. The molecule has 29 heavy (non-hydrogen) atoms. The monoisotopic (exact) mass is 399 g/mol. The van der Waals surface area contributed by atoms with Gasteiger partial charge in [-0.25, -0.2) is 8.78 Å². The summed E-state index contributed by atoms with van der Waals surface area (Å²) in [6, 6.07) is 12.2. The Labute approximate surface area is 168 Å². The van der Waals surface area contributed by atoms with Crippen molar-refractivity contribution in [1.29, 1.82) is 0 Å². The van der Waals surface area contributed by atoms with Gasteiger partial charge in [0, 0.05) is 39.6 Å². The van der Waals surface area contributed by atoms with E-state index in [1.165, 1.54) is 18.2 Å². The number of hydrogen-bond donors (Lipinski definition) is 0. The molecule has 0 bridgehead atoms. The third-order valence-corrected chi connectivity index (χ3v) is 5.90. The second-order valence-corrected chi connectivity index (χ2v) is 7.58. The highest BCUT2D eigenvalue weighted by molar-refractivity contribution is 5.90. The van der Waals surface area contributed by atoms with Gasteiger partial charge in [-0.05, 0) is 29.8 Å². The molecule has 2 atom stereocenters. The van der Waals surface area contributed by atoms with Gasteiger partial charge in [-0.1, -0.05) is 24.3 Å². The summed E-state index contributed by atoms with van der Waals surface area (Å²) in [6.07, 6.45) is 0.144. The van der Waals surface area contributed by atoms with Crippen molar-refractivity contribution >= 4 is 17.5 Å². The van der Waals surface area contributed by atoms with Gasteiger partial charge < -0.3 is 14.7 Å². The van der Waals surface area contributed by atoms with E-state index in [2.05, 4.69) is 0 Å². The first kappa shape index (κ1) is 19.4. The first-order chi connectivity index (χ1) is 14.0. The van der Waals surface area contributed by atoms with E-state index in [0.717, 1.165) is 5.56 Å². The summed E-state index contributed by atoms with van der Waals surface area (Å²) in [5.41, 5.74) is 1.29. The average Bonchev–Trinajstić information content (AvgIpc) is 3.03. The molecule has 152 valence electrons. The molecule has 4 rings (SSSR count). The smallest absolute Gasteiger partial charge is 0.228 e. The van der Waals surface area contributed by atoms with Gasteiger partial charge >= 0.3 is 0 Å². The maximum absolute atomic E-state index is 14.0. The number of para-hydroxylation sites is 1. The standard InChI is InChI=1S/C22H23F2N3O2/c1-25-20(28)14-17(21(25)15-6-8-16(23)9-7-15)22(29)27-12-10-26(11-13-27)19-5-3-2-4-18(19)24/h2-9,17,21H,10-14H2,1H3/t17-,21+/m0/s1. The van der Waals surface area contributed by atoms with Crippen molar-refractivity contribution in [2.75, 3.05) is 38.1 Å². The summed E-state index contributed by atoms with van der Waals surface area (Å²) < 4.78 is 27.3. The molecule has 0 unspecified atom stereocenters. The van der Waals surface area contributed by atoms with E-state index in [9.17, 15) is 18.4 Å². The van der Waals surface area contributed by atoms with Gasteiger partial charge in [-0.15, -0.1) is 0 Å².